The van der Waals surface area contributed by atoms with E-state index in [-0.39, 0.29) is 6.03 Å². The minimum Gasteiger partial charge on any atom is -0.383 e. The van der Waals surface area contributed by atoms with E-state index in [0.717, 1.165) is 12.8 Å². The zero-order valence-electron chi connectivity index (χ0n) is 10.8. The molecule has 1 fully saturated rings. The lowest BCUT2D eigenvalue weighted by Gasteiger charge is -2.28. The molecule has 0 saturated heterocycles. The summed E-state index contributed by atoms with van der Waals surface area (Å²) in [5, 5.41) is 3.09. The highest BCUT2D eigenvalue weighted by Crippen LogP contribution is 2.17. The molecular weight excluding hydrogens is 218 g/mol. The third kappa shape index (κ3) is 5.37. The molecule has 100 valence electrons. The first-order valence-electron chi connectivity index (χ1n) is 6.52. The van der Waals surface area contributed by atoms with E-state index in [1.165, 1.54) is 19.3 Å². The number of rotatable bonds is 6. The summed E-state index contributed by atoms with van der Waals surface area (Å²) < 4.78 is 5.00. The molecule has 5 heteroatoms. The summed E-state index contributed by atoms with van der Waals surface area (Å²) >= 11 is 0. The van der Waals surface area contributed by atoms with Gasteiger partial charge in [-0.15, -0.1) is 0 Å². The lowest BCUT2D eigenvalue weighted by molar-refractivity contribution is 0.147. The van der Waals surface area contributed by atoms with Crippen LogP contribution in [-0.2, 0) is 4.74 Å². The Morgan fingerprint density at radius 1 is 1.35 bits per heavy atom. The van der Waals surface area contributed by atoms with Crippen molar-refractivity contribution in [3.8, 4) is 0 Å². The third-order valence-electron chi connectivity index (χ3n) is 3.18. The lowest BCUT2D eigenvalue weighted by atomic mass is 9.96. The molecule has 1 rings (SSSR count). The summed E-state index contributed by atoms with van der Waals surface area (Å²) in [6.45, 7) is 2.23. The van der Waals surface area contributed by atoms with Crippen molar-refractivity contribution in [2.45, 2.75) is 38.1 Å². The van der Waals surface area contributed by atoms with Crippen LogP contribution in [0.3, 0.4) is 0 Å². The number of nitrogens with zero attached hydrogens (tertiary/aromatic N) is 1. The van der Waals surface area contributed by atoms with Gasteiger partial charge in [-0.2, -0.15) is 0 Å². The van der Waals surface area contributed by atoms with Gasteiger partial charge >= 0.3 is 6.03 Å². The molecule has 17 heavy (non-hydrogen) atoms. The highest BCUT2D eigenvalue weighted by atomic mass is 16.5. The first-order valence-corrected chi connectivity index (χ1v) is 6.52. The highest BCUT2D eigenvalue weighted by Gasteiger charge is 2.19. The van der Waals surface area contributed by atoms with Crippen LogP contribution in [0.1, 0.15) is 32.1 Å². The second kappa shape index (κ2) is 8.31. The lowest BCUT2D eigenvalue weighted by Crippen LogP contribution is -2.48. The van der Waals surface area contributed by atoms with Gasteiger partial charge in [-0.25, -0.2) is 4.79 Å². The second-order valence-corrected chi connectivity index (χ2v) is 4.55. The fourth-order valence-corrected chi connectivity index (χ4v) is 2.19. The monoisotopic (exact) mass is 243 g/mol. The predicted molar refractivity (Wildman–Crippen MR) is 67.9 cm³/mol. The van der Waals surface area contributed by atoms with Crippen molar-refractivity contribution >= 4 is 6.03 Å². The molecule has 1 aliphatic carbocycles. The molecule has 0 bridgehead atoms. The van der Waals surface area contributed by atoms with Gasteiger partial charge in [0, 0.05) is 32.8 Å². The van der Waals surface area contributed by atoms with Gasteiger partial charge < -0.3 is 20.7 Å². The van der Waals surface area contributed by atoms with Crippen LogP contribution in [0, 0.1) is 0 Å². The molecule has 0 heterocycles. The quantitative estimate of drug-likeness (QED) is 0.729. The summed E-state index contributed by atoms with van der Waals surface area (Å²) in [7, 11) is 1.64. The van der Waals surface area contributed by atoms with Crippen molar-refractivity contribution in [3.63, 3.8) is 0 Å². The van der Waals surface area contributed by atoms with Crippen molar-refractivity contribution in [1.82, 2.24) is 10.2 Å². The largest absolute Gasteiger partial charge is 0.383 e. The molecule has 0 aliphatic heterocycles. The zero-order chi connectivity index (χ0) is 12.5. The van der Waals surface area contributed by atoms with E-state index in [0.29, 0.717) is 32.3 Å². The topological polar surface area (TPSA) is 67.6 Å². The Morgan fingerprint density at radius 2 is 2.06 bits per heavy atom. The van der Waals surface area contributed by atoms with E-state index >= 15 is 0 Å². The van der Waals surface area contributed by atoms with Gasteiger partial charge in [-0.3, -0.25) is 0 Å². The molecule has 0 aromatic heterocycles. The Hall–Kier alpha value is -0.810. The summed E-state index contributed by atoms with van der Waals surface area (Å²) in [5.74, 6) is 0. The SMILES string of the molecule is COCCN(CCN)C(=O)NC1CCCCC1. The maximum atomic E-state index is 12.0. The van der Waals surface area contributed by atoms with Crippen LogP contribution in [0.15, 0.2) is 0 Å². The van der Waals surface area contributed by atoms with Gasteiger partial charge in [0.05, 0.1) is 6.61 Å². The van der Waals surface area contributed by atoms with Crippen molar-refractivity contribution in [1.29, 1.82) is 0 Å². The second-order valence-electron chi connectivity index (χ2n) is 4.55. The Kier molecular flexibility index (Phi) is 6.96. The number of hydrogen-bond donors (Lipinski definition) is 2. The number of ether oxygens (including phenoxy) is 1. The van der Waals surface area contributed by atoms with Crippen LogP contribution in [0.4, 0.5) is 4.79 Å². The molecule has 1 saturated carbocycles. The molecule has 0 unspecified atom stereocenters. The van der Waals surface area contributed by atoms with Crippen LogP contribution < -0.4 is 11.1 Å². The highest BCUT2D eigenvalue weighted by molar-refractivity contribution is 5.74. The third-order valence-corrected chi connectivity index (χ3v) is 3.18. The van der Waals surface area contributed by atoms with E-state index in [1.54, 1.807) is 12.0 Å². The van der Waals surface area contributed by atoms with Crippen LogP contribution >= 0.6 is 0 Å². The van der Waals surface area contributed by atoms with E-state index in [4.69, 9.17) is 10.5 Å². The van der Waals surface area contributed by atoms with E-state index in [9.17, 15) is 4.79 Å². The Balaban J connectivity index is 2.34. The maximum absolute atomic E-state index is 12.0. The van der Waals surface area contributed by atoms with Gasteiger partial charge in [-0.05, 0) is 12.8 Å². The average molecular weight is 243 g/mol. The smallest absolute Gasteiger partial charge is 0.317 e. The molecule has 0 radical (unpaired) electrons. The molecular formula is C12H25N3O2. The van der Waals surface area contributed by atoms with Crippen molar-refractivity contribution in [2.24, 2.45) is 5.73 Å². The standard InChI is InChI=1S/C12H25N3O2/c1-17-10-9-15(8-7-13)12(16)14-11-5-3-2-4-6-11/h11H,2-10,13H2,1H3,(H,14,16). The number of urea groups is 1. The minimum absolute atomic E-state index is 0.000556. The summed E-state index contributed by atoms with van der Waals surface area (Å²) in [6, 6.07) is 0.346. The van der Waals surface area contributed by atoms with Gasteiger partial charge in [0.1, 0.15) is 0 Å². The normalized spacial score (nSPS) is 16.8. The number of carbonyl (C=O) groups excluding carboxylic acids is 1. The Morgan fingerprint density at radius 3 is 2.65 bits per heavy atom. The van der Waals surface area contributed by atoms with Crippen LogP contribution in [-0.4, -0.2) is 50.3 Å². The number of amides is 2. The van der Waals surface area contributed by atoms with Crippen molar-refractivity contribution in [2.75, 3.05) is 33.4 Å². The summed E-state index contributed by atoms with van der Waals surface area (Å²) in [4.78, 5) is 13.7. The van der Waals surface area contributed by atoms with Gasteiger partial charge in [0.25, 0.3) is 0 Å². The molecule has 5 nitrogen and oxygen atoms in total. The van der Waals surface area contributed by atoms with E-state index in [2.05, 4.69) is 5.32 Å². The number of carbonyl (C=O) groups is 1. The molecule has 0 spiro atoms. The van der Waals surface area contributed by atoms with Crippen molar-refractivity contribution < 1.29 is 9.53 Å². The number of hydrogen-bond acceptors (Lipinski definition) is 3. The van der Waals surface area contributed by atoms with Gasteiger partial charge in [-0.1, -0.05) is 19.3 Å². The molecule has 0 aromatic carbocycles. The number of methoxy groups -OCH3 is 1. The first kappa shape index (κ1) is 14.3. The minimum atomic E-state index is -0.000556. The van der Waals surface area contributed by atoms with Crippen LogP contribution in [0.5, 0.6) is 0 Å². The van der Waals surface area contributed by atoms with E-state index in [1.807, 2.05) is 0 Å². The molecule has 1 aliphatic rings. The fourth-order valence-electron chi connectivity index (χ4n) is 2.19. The van der Waals surface area contributed by atoms with Crippen LogP contribution in [0.25, 0.3) is 0 Å². The van der Waals surface area contributed by atoms with Crippen LogP contribution in [0.2, 0.25) is 0 Å². The number of nitrogens with two attached hydrogens (primary N) is 1. The van der Waals surface area contributed by atoms with Gasteiger partial charge in [0.15, 0.2) is 0 Å². The average Bonchev–Trinajstić information content (AvgIpc) is 2.35. The number of nitrogens with one attached hydrogen (secondary N) is 1. The molecule has 2 amide bonds. The molecule has 0 aromatic rings. The van der Waals surface area contributed by atoms with Crippen molar-refractivity contribution in [3.05, 3.63) is 0 Å². The first-order chi connectivity index (χ1) is 8.27. The molecule has 3 N–H and O–H groups in total. The Labute approximate surface area is 104 Å². The summed E-state index contributed by atoms with van der Waals surface area (Å²) in [6.07, 6.45) is 5.95. The predicted octanol–water partition coefficient (Wildman–Crippen LogP) is 0.936. The Bertz CT molecular complexity index is 218. The molecule has 0 atom stereocenters. The van der Waals surface area contributed by atoms with Gasteiger partial charge in [0.2, 0.25) is 0 Å². The fraction of sp³-hybridized carbons (Fsp3) is 0.917. The van der Waals surface area contributed by atoms with E-state index < -0.39 is 0 Å². The zero-order valence-corrected chi connectivity index (χ0v) is 10.8. The maximum Gasteiger partial charge on any atom is 0.317 e. The summed E-state index contributed by atoms with van der Waals surface area (Å²) in [5.41, 5.74) is 5.51.